The minimum atomic E-state index is -0.291. The topological polar surface area (TPSA) is 71.6 Å². The molecule has 1 aliphatic carbocycles. The molecule has 144 valence electrons. The van der Waals surface area contributed by atoms with Crippen molar-refractivity contribution in [3.8, 4) is 11.5 Å². The van der Waals surface area contributed by atoms with E-state index in [0.29, 0.717) is 46.7 Å². The molecule has 0 heterocycles. The Bertz CT molecular complexity index is 638. The van der Waals surface area contributed by atoms with Crippen LogP contribution in [-0.4, -0.2) is 30.8 Å². The SMILES string of the molecule is CCOc1ccc(C(=O)NNC(=S)N[C@@H]2CCC[C@@H](C)[C@@H]2C)cc1OC. The second-order valence-corrected chi connectivity index (χ2v) is 7.13. The lowest BCUT2D eigenvalue weighted by Crippen LogP contribution is -2.52. The zero-order chi connectivity index (χ0) is 19.1. The van der Waals surface area contributed by atoms with Gasteiger partial charge in [0.1, 0.15) is 0 Å². The van der Waals surface area contributed by atoms with Crippen molar-refractivity contribution in [1.82, 2.24) is 16.2 Å². The number of benzene rings is 1. The summed E-state index contributed by atoms with van der Waals surface area (Å²) in [5.41, 5.74) is 5.88. The quantitative estimate of drug-likeness (QED) is 0.540. The van der Waals surface area contributed by atoms with Crippen LogP contribution in [0.4, 0.5) is 0 Å². The molecule has 1 saturated carbocycles. The van der Waals surface area contributed by atoms with Gasteiger partial charge in [-0.25, -0.2) is 0 Å². The van der Waals surface area contributed by atoms with Gasteiger partial charge in [-0.2, -0.15) is 0 Å². The monoisotopic (exact) mass is 379 g/mol. The van der Waals surface area contributed by atoms with Gasteiger partial charge in [0.25, 0.3) is 5.91 Å². The molecule has 0 unspecified atom stereocenters. The molecule has 3 N–H and O–H groups in total. The van der Waals surface area contributed by atoms with Crippen molar-refractivity contribution in [3.05, 3.63) is 23.8 Å². The zero-order valence-electron chi connectivity index (χ0n) is 15.9. The molecule has 1 aromatic rings. The summed E-state index contributed by atoms with van der Waals surface area (Å²) in [6, 6.07) is 5.38. The number of amides is 1. The summed E-state index contributed by atoms with van der Waals surface area (Å²) in [6.45, 7) is 6.94. The van der Waals surface area contributed by atoms with E-state index in [4.69, 9.17) is 21.7 Å². The summed E-state index contributed by atoms with van der Waals surface area (Å²) in [6.07, 6.45) is 3.55. The summed E-state index contributed by atoms with van der Waals surface area (Å²) in [5.74, 6) is 2.06. The van der Waals surface area contributed by atoms with Gasteiger partial charge in [-0.1, -0.05) is 26.7 Å². The van der Waals surface area contributed by atoms with Crippen molar-refractivity contribution in [2.24, 2.45) is 11.8 Å². The number of thiocarbonyl (C=S) groups is 1. The lowest BCUT2D eigenvalue weighted by Gasteiger charge is -2.35. The Morgan fingerprint density at radius 3 is 2.69 bits per heavy atom. The molecule has 0 bridgehead atoms. The Balaban J connectivity index is 1.88. The molecule has 1 aliphatic rings. The van der Waals surface area contributed by atoms with Gasteiger partial charge in [0.15, 0.2) is 16.6 Å². The van der Waals surface area contributed by atoms with Crippen LogP contribution in [0.25, 0.3) is 0 Å². The van der Waals surface area contributed by atoms with Crippen LogP contribution in [0.5, 0.6) is 11.5 Å². The van der Waals surface area contributed by atoms with Crippen molar-refractivity contribution < 1.29 is 14.3 Å². The second-order valence-electron chi connectivity index (χ2n) is 6.73. The van der Waals surface area contributed by atoms with Crippen molar-refractivity contribution in [1.29, 1.82) is 0 Å². The fourth-order valence-corrected chi connectivity index (χ4v) is 3.46. The van der Waals surface area contributed by atoms with Crippen LogP contribution < -0.4 is 25.6 Å². The highest BCUT2D eigenvalue weighted by molar-refractivity contribution is 7.80. The minimum Gasteiger partial charge on any atom is -0.493 e. The number of hydrazine groups is 1. The molecule has 0 aromatic heterocycles. The molecule has 3 atom stereocenters. The molecule has 1 amide bonds. The average molecular weight is 380 g/mol. The fourth-order valence-electron chi connectivity index (χ4n) is 3.26. The van der Waals surface area contributed by atoms with Gasteiger partial charge in [-0.3, -0.25) is 15.6 Å². The van der Waals surface area contributed by atoms with E-state index in [2.05, 4.69) is 30.0 Å². The summed E-state index contributed by atoms with van der Waals surface area (Å²) in [4.78, 5) is 12.3. The normalized spacial score (nSPS) is 22.2. The molecule has 7 heteroatoms. The van der Waals surface area contributed by atoms with Crippen LogP contribution in [0, 0.1) is 11.8 Å². The van der Waals surface area contributed by atoms with Gasteiger partial charge < -0.3 is 14.8 Å². The molecular weight excluding hydrogens is 350 g/mol. The van der Waals surface area contributed by atoms with Crippen LogP contribution in [0.3, 0.4) is 0 Å². The number of hydrogen-bond acceptors (Lipinski definition) is 4. The number of methoxy groups -OCH3 is 1. The standard InChI is InChI=1S/C19H29N3O3S/c1-5-25-16-10-9-14(11-17(16)24-4)18(23)21-22-19(26)20-15-8-6-7-12(2)13(15)3/h9-13,15H,5-8H2,1-4H3,(H,21,23)(H2,20,22,26)/t12-,13+,15-/m1/s1. The lowest BCUT2D eigenvalue weighted by molar-refractivity contribution is 0.0942. The molecule has 0 radical (unpaired) electrons. The molecule has 0 saturated heterocycles. The van der Waals surface area contributed by atoms with Gasteiger partial charge in [0.2, 0.25) is 0 Å². The number of hydrogen-bond donors (Lipinski definition) is 3. The van der Waals surface area contributed by atoms with Crippen LogP contribution in [0.15, 0.2) is 18.2 Å². The molecule has 1 aromatic carbocycles. The maximum absolute atomic E-state index is 12.3. The van der Waals surface area contributed by atoms with E-state index < -0.39 is 0 Å². The molecule has 1 fully saturated rings. The Kier molecular flexibility index (Phi) is 7.50. The first kappa shape index (κ1) is 20.3. The van der Waals surface area contributed by atoms with E-state index in [1.165, 1.54) is 12.8 Å². The highest BCUT2D eigenvalue weighted by Gasteiger charge is 2.27. The summed E-state index contributed by atoms with van der Waals surface area (Å²) >= 11 is 5.32. The largest absolute Gasteiger partial charge is 0.493 e. The van der Waals surface area contributed by atoms with Gasteiger partial charge in [0.05, 0.1) is 13.7 Å². The van der Waals surface area contributed by atoms with Gasteiger partial charge in [-0.15, -0.1) is 0 Å². The third-order valence-electron chi connectivity index (χ3n) is 5.04. The number of nitrogens with one attached hydrogen (secondary N) is 3. The van der Waals surface area contributed by atoms with Gasteiger partial charge in [0, 0.05) is 11.6 Å². The maximum Gasteiger partial charge on any atom is 0.269 e. The van der Waals surface area contributed by atoms with Gasteiger partial charge in [-0.05, 0) is 55.6 Å². The average Bonchev–Trinajstić information content (AvgIpc) is 2.64. The van der Waals surface area contributed by atoms with Crippen molar-refractivity contribution >= 4 is 23.2 Å². The smallest absolute Gasteiger partial charge is 0.269 e. The van der Waals surface area contributed by atoms with E-state index in [0.717, 1.165) is 6.42 Å². The van der Waals surface area contributed by atoms with E-state index in [-0.39, 0.29) is 5.91 Å². The first-order valence-corrected chi connectivity index (χ1v) is 9.54. The molecule has 6 nitrogen and oxygen atoms in total. The van der Waals surface area contributed by atoms with Gasteiger partial charge >= 0.3 is 0 Å². The third-order valence-corrected chi connectivity index (χ3v) is 5.26. The van der Waals surface area contributed by atoms with Crippen molar-refractivity contribution in [2.75, 3.05) is 13.7 Å². The van der Waals surface area contributed by atoms with Crippen molar-refractivity contribution in [3.63, 3.8) is 0 Å². The van der Waals surface area contributed by atoms with E-state index in [9.17, 15) is 4.79 Å². The molecule has 26 heavy (non-hydrogen) atoms. The Morgan fingerprint density at radius 1 is 1.23 bits per heavy atom. The predicted octanol–water partition coefficient (Wildman–Crippen LogP) is 3.03. The predicted molar refractivity (Wildman–Crippen MR) is 106 cm³/mol. The number of carbonyl (C=O) groups excluding carboxylic acids is 1. The van der Waals surface area contributed by atoms with E-state index >= 15 is 0 Å². The highest BCUT2D eigenvalue weighted by atomic mass is 32.1. The van der Waals surface area contributed by atoms with Crippen LogP contribution in [-0.2, 0) is 0 Å². The Morgan fingerprint density at radius 2 is 2.00 bits per heavy atom. The maximum atomic E-state index is 12.3. The minimum absolute atomic E-state index is 0.291. The van der Waals surface area contributed by atoms with Crippen LogP contribution >= 0.6 is 12.2 Å². The zero-order valence-corrected chi connectivity index (χ0v) is 16.7. The molecule has 2 rings (SSSR count). The second kappa shape index (κ2) is 9.62. The van der Waals surface area contributed by atoms with E-state index in [1.807, 2.05) is 6.92 Å². The van der Waals surface area contributed by atoms with Crippen molar-refractivity contribution in [2.45, 2.75) is 46.1 Å². The number of ether oxygens (including phenoxy) is 2. The number of carbonyl (C=O) groups is 1. The molecular formula is C19H29N3O3S. The number of rotatable bonds is 5. The summed E-state index contributed by atoms with van der Waals surface area (Å²) < 4.78 is 10.7. The summed E-state index contributed by atoms with van der Waals surface area (Å²) in [7, 11) is 1.54. The highest BCUT2D eigenvalue weighted by Crippen LogP contribution is 2.29. The Hall–Kier alpha value is -2.02. The van der Waals surface area contributed by atoms with E-state index in [1.54, 1.807) is 25.3 Å². The molecule has 0 aliphatic heterocycles. The summed E-state index contributed by atoms with van der Waals surface area (Å²) in [5, 5.41) is 3.75. The first-order valence-electron chi connectivity index (χ1n) is 9.14. The first-order chi connectivity index (χ1) is 12.5. The fraction of sp³-hybridized carbons (Fsp3) is 0.579. The van der Waals surface area contributed by atoms with Crippen LogP contribution in [0.1, 0.15) is 50.4 Å². The third kappa shape index (κ3) is 5.24. The molecule has 0 spiro atoms. The Labute approximate surface area is 161 Å². The lowest BCUT2D eigenvalue weighted by atomic mass is 9.78. The van der Waals surface area contributed by atoms with Crippen LogP contribution in [0.2, 0.25) is 0 Å².